The first-order valence-electron chi connectivity index (χ1n) is 5.01. The molecule has 1 saturated heterocycles. The Hall–Kier alpha value is -0.640. The Labute approximate surface area is 95.7 Å². The zero-order chi connectivity index (χ0) is 9.97. The molecule has 1 aromatic rings. The van der Waals surface area contributed by atoms with E-state index in [-0.39, 0.29) is 24.3 Å². The molecule has 0 saturated carbocycles. The van der Waals surface area contributed by atoms with Crippen molar-refractivity contribution < 1.29 is 4.39 Å². The van der Waals surface area contributed by atoms with Crippen molar-refractivity contribution in [2.75, 3.05) is 19.6 Å². The molecule has 1 fully saturated rings. The minimum absolute atomic E-state index is 0. The topological polar surface area (TPSA) is 29.3 Å². The number of nitrogens with two attached hydrogens (primary N) is 1. The number of rotatable bonds is 3. The second-order valence-electron chi connectivity index (χ2n) is 3.65. The molecular weight excluding hydrogens is 215 g/mol. The van der Waals surface area contributed by atoms with Crippen LogP contribution in [0.3, 0.4) is 0 Å². The van der Waals surface area contributed by atoms with Gasteiger partial charge in [-0.1, -0.05) is 18.2 Å². The normalized spacial score (nSPS) is 20.5. The van der Waals surface area contributed by atoms with Crippen LogP contribution in [0, 0.1) is 5.82 Å². The van der Waals surface area contributed by atoms with Crippen molar-refractivity contribution in [1.29, 1.82) is 0 Å². The molecule has 0 radical (unpaired) electrons. The van der Waals surface area contributed by atoms with Crippen molar-refractivity contribution in [2.24, 2.45) is 5.73 Å². The Morgan fingerprint density at radius 3 is 2.67 bits per heavy atom. The van der Waals surface area contributed by atoms with E-state index in [9.17, 15) is 4.39 Å². The van der Waals surface area contributed by atoms with E-state index in [0.29, 0.717) is 6.54 Å². The van der Waals surface area contributed by atoms with Gasteiger partial charge in [-0.15, -0.1) is 12.4 Å². The highest BCUT2D eigenvalue weighted by molar-refractivity contribution is 5.85. The maximum absolute atomic E-state index is 13.4. The van der Waals surface area contributed by atoms with Crippen molar-refractivity contribution >= 4 is 12.4 Å². The van der Waals surface area contributed by atoms with Gasteiger partial charge in [0.15, 0.2) is 0 Å². The maximum Gasteiger partial charge on any atom is 0.127 e. The average Bonchev–Trinajstić information content (AvgIpc) is 2.16. The van der Waals surface area contributed by atoms with Gasteiger partial charge in [0.1, 0.15) is 5.82 Å². The van der Waals surface area contributed by atoms with E-state index in [1.54, 1.807) is 6.07 Å². The highest BCUT2D eigenvalue weighted by atomic mass is 35.5. The fourth-order valence-electron chi connectivity index (χ4n) is 1.97. The van der Waals surface area contributed by atoms with Gasteiger partial charge in [0.25, 0.3) is 0 Å². The van der Waals surface area contributed by atoms with E-state index in [1.165, 1.54) is 6.07 Å². The van der Waals surface area contributed by atoms with E-state index in [0.717, 1.165) is 25.1 Å². The number of hydrogen-bond acceptors (Lipinski definition) is 2. The van der Waals surface area contributed by atoms with Crippen LogP contribution >= 0.6 is 12.4 Å². The molecular formula is C11H16ClFN2. The zero-order valence-corrected chi connectivity index (χ0v) is 9.34. The maximum atomic E-state index is 13.4. The van der Waals surface area contributed by atoms with Crippen molar-refractivity contribution in [1.82, 2.24) is 4.90 Å². The molecule has 2 N–H and O–H groups in total. The van der Waals surface area contributed by atoms with Gasteiger partial charge in [-0.3, -0.25) is 4.90 Å². The largest absolute Gasteiger partial charge is 0.329 e. The third kappa shape index (κ3) is 2.48. The van der Waals surface area contributed by atoms with E-state index < -0.39 is 0 Å². The summed E-state index contributed by atoms with van der Waals surface area (Å²) in [5.41, 5.74) is 6.29. The molecule has 0 amide bonds. The van der Waals surface area contributed by atoms with Crippen LogP contribution in [0.2, 0.25) is 0 Å². The van der Waals surface area contributed by atoms with Crippen LogP contribution in [0.4, 0.5) is 4.39 Å². The Bertz CT molecular complexity index is 319. The van der Waals surface area contributed by atoms with Gasteiger partial charge in [0.2, 0.25) is 0 Å². The molecule has 1 aliphatic rings. The molecule has 15 heavy (non-hydrogen) atoms. The molecule has 1 unspecified atom stereocenters. The van der Waals surface area contributed by atoms with Crippen LogP contribution in [0.15, 0.2) is 24.3 Å². The SMILES string of the molecule is Cl.NCCN1CCC1c1ccccc1F. The second kappa shape index (κ2) is 5.45. The minimum Gasteiger partial charge on any atom is -0.329 e. The van der Waals surface area contributed by atoms with E-state index in [4.69, 9.17) is 5.73 Å². The van der Waals surface area contributed by atoms with Crippen molar-refractivity contribution in [3.05, 3.63) is 35.6 Å². The summed E-state index contributed by atoms with van der Waals surface area (Å²) in [6.07, 6.45) is 1.04. The summed E-state index contributed by atoms with van der Waals surface area (Å²) >= 11 is 0. The van der Waals surface area contributed by atoms with Gasteiger partial charge < -0.3 is 5.73 Å². The van der Waals surface area contributed by atoms with Crippen LogP contribution in [-0.4, -0.2) is 24.5 Å². The fourth-order valence-corrected chi connectivity index (χ4v) is 1.97. The van der Waals surface area contributed by atoms with Gasteiger partial charge in [0, 0.05) is 31.2 Å². The summed E-state index contributed by atoms with van der Waals surface area (Å²) in [5, 5.41) is 0. The van der Waals surface area contributed by atoms with E-state index in [2.05, 4.69) is 4.90 Å². The molecule has 4 heteroatoms. The summed E-state index contributed by atoms with van der Waals surface area (Å²) < 4.78 is 13.4. The Balaban J connectivity index is 0.00000112. The Morgan fingerprint density at radius 2 is 2.13 bits per heavy atom. The Morgan fingerprint density at radius 1 is 1.40 bits per heavy atom. The molecule has 1 aromatic carbocycles. The standard InChI is InChI=1S/C11H15FN2.ClH/c12-10-4-2-1-3-9(10)11-5-7-14(11)8-6-13;/h1-4,11H,5-8,13H2;1H. The zero-order valence-electron chi connectivity index (χ0n) is 8.53. The monoisotopic (exact) mass is 230 g/mol. The van der Waals surface area contributed by atoms with Crippen LogP contribution < -0.4 is 5.73 Å². The lowest BCUT2D eigenvalue weighted by Crippen LogP contribution is -2.43. The third-order valence-electron chi connectivity index (χ3n) is 2.81. The molecule has 0 bridgehead atoms. The van der Waals surface area contributed by atoms with Crippen molar-refractivity contribution in [2.45, 2.75) is 12.5 Å². The lowest BCUT2D eigenvalue weighted by Gasteiger charge is -2.41. The summed E-state index contributed by atoms with van der Waals surface area (Å²) in [6, 6.07) is 7.25. The van der Waals surface area contributed by atoms with Gasteiger partial charge >= 0.3 is 0 Å². The van der Waals surface area contributed by atoms with Crippen LogP contribution in [0.25, 0.3) is 0 Å². The van der Waals surface area contributed by atoms with Gasteiger partial charge in [-0.25, -0.2) is 4.39 Å². The predicted octanol–water partition coefficient (Wildman–Crippen LogP) is 1.95. The third-order valence-corrected chi connectivity index (χ3v) is 2.81. The Kier molecular flexibility index (Phi) is 4.51. The number of halogens is 2. The van der Waals surface area contributed by atoms with Gasteiger partial charge in [0.05, 0.1) is 0 Å². The minimum atomic E-state index is -0.0979. The lowest BCUT2D eigenvalue weighted by atomic mass is 9.94. The van der Waals surface area contributed by atoms with Crippen LogP contribution in [0.5, 0.6) is 0 Å². The molecule has 84 valence electrons. The molecule has 2 nitrogen and oxygen atoms in total. The number of nitrogens with zero attached hydrogens (tertiary/aromatic N) is 1. The van der Waals surface area contributed by atoms with Crippen LogP contribution in [-0.2, 0) is 0 Å². The molecule has 0 spiro atoms. The second-order valence-corrected chi connectivity index (χ2v) is 3.65. The number of likely N-dealkylation sites (tertiary alicyclic amines) is 1. The molecule has 1 aliphatic heterocycles. The quantitative estimate of drug-likeness (QED) is 0.860. The fraction of sp³-hybridized carbons (Fsp3) is 0.455. The molecule has 0 aliphatic carbocycles. The molecule has 1 atom stereocenters. The first kappa shape index (κ1) is 12.4. The number of benzene rings is 1. The summed E-state index contributed by atoms with van der Waals surface area (Å²) in [5.74, 6) is -0.0979. The van der Waals surface area contributed by atoms with Crippen LogP contribution in [0.1, 0.15) is 18.0 Å². The highest BCUT2D eigenvalue weighted by Crippen LogP contribution is 2.33. The lowest BCUT2D eigenvalue weighted by molar-refractivity contribution is 0.0921. The van der Waals surface area contributed by atoms with Crippen molar-refractivity contribution in [3.63, 3.8) is 0 Å². The first-order valence-corrected chi connectivity index (χ1v) is 5.01. The molecule has 2 rings (SSSR count). The van der Waals surface area contributed by atoms with E-state index in [1.807, 2.05) is 12.1 Å². The smallest absolute Gasteiger partial charge is 0.127 e. The summed E-state index contributed by atoms with van der Waals surface area (Å²) in [7, 11) is 0. The van der Waals surface area contributed by atoms with Gasteiger partial charge in [-0.2, -0.15) is 0 Å². The first-order chi connectivity index (χ1) is 6.83. The predicted molar refractivity (Wildman–Crippen MR) is 61.6 cm³/mol. The molecule has 0 aromatic heterocycles. The van der Waals surface area contributed by atoms with Crippen molar-refractivity contribution in [3.8, 4) is 0 Å². The summed E-state index contributed by atoms with van der Waals surface area (Å²) in [6.45, 7) is 2.54. The summed E-state index contributed by atoms with van der Waals surface area (Å²) in [4.78, 5) is 2.22. The van der Waals surface area contributed by atoms with Gasteiger partial charge in [-0.05, 0) is 12.5 Å². The van der Waals surface area contributed by atoms with E-state index >= 15 is 0 Å². The average molecular weight is 231 g/mol. The highest BCUT2D eigenvalue weighted by Gasteiger charge is 2.30. The number of hydrogen-bond donors (Lipinski definition) is 1. The molecule has 1 heterocycles.